The summed E-state index contributed by atoms with van der Waals surface area (Å²) < 4.78 is 1.79. The van der Waals surface area contributed by atoms with Crippen molar-refractivity contribution < 1.29 is 14.4 Å². The Morgan fingerprint density at radius 1 is 1.00 bits per heavy atom. The van der Waals surface area contributed by atoms with Crippen molar-refractivity contribution in [3.8, 4) is 0 Å². The lowest BCUT2D eigenvalue weighted by Crippen LogP contribution is -2.73. The van der Waals surface area contributed by atoms with Crippen molar-refractivity contribution in [2.75, 3.05) is 19.6 Å². The molecule has 1 unspecified atom stereocenters. The van der Waals surface area contributed by atoms with Crippen LogP contribution in [0.15, 0.2) is 48.5 Å². The SMILES string of the molecule is CCCN1C(=O)C(CC(C)C)NC(=O)C12CCN(C(=O)n1c3ccccc3c3ccccc31)CC2. The molecular weight excluding hydrogens is 440 g/mol. The first-order valence-electron chi connectivity index (χ1n) is 12.8. The quantitative estimate of drug-likeness (QED) is 0.610. The van der Waals surface area contributed by atoms with E-state index in [2.05, 4.69) is 19.2 Å². The van der Waals surface area contributed by atoms with Gasteiger partial charge in [0.1, 0.15) is 11.6 Å². The molecule has 2 aliphatic rings. The van der Waals surface area contributed by atoms with Gasteiger partial charge in [-0.3, -0.25) is 14.2 Å². The zero-order valence-corrected chi connectivity index (χ0v) is 20.8. The molecule has 35 heavy (non-hydrogen) atoms. The van der Waals surface area contributed by atoms with Crippen LogP contribution >= 0.6 is 0 Å². The summed E-state index contributed by atoms with van der Waals surface area (Å²) in [6, 6.07) is 15.4. The maximum absolute atomic E-state index is 13.8. The molecule has 3 aromatic rings. The molecule has 1 spiro atoms. The molecule has 3 heterocycles. The number of rotatable bonds is 4. The number of hydrogen-bond donors (Lipinski definition) is 1. The van der Waals surface area contributed by atoms with Crippen molar-refractivity contribution >= 4 is 39.7 Å². The number of likely N-dealkylation sites (tertiary alicyclic amines) is 1. The molecule has 0 saturated carbocycles. The number of fused-ring (bicyclic) bond motifs is 3. The molecule has 0 aliphatic carbocycles. The molecule has 7 heteroatoms. The monoisotopic (exact) mass is 474 g/mol. The zero-order chi connectivity index (χ0) is 24.7. The number of carbonyl (C=O) groups is 3. The molecule has 2 aliphatic heterocycles. The average molecular weight is 475 g/mol. The molecule has 0 radical (unpaired) electrons. The highest BCUT2D eigenvalue weighted by molar-refractivity contribution is 6.13. The summed E-state index contributed by atoms with van der Waals surface area (Å²) in [5.41, 5.74) is 0.889. The van der Waals surface area contributed by atoms with Crippen LogP contribution in [0.25, 0.3) is 21.8 Å². The Morgan fingerprint density at radius 3 is 2.11 bits per heavy atom. The van der Waals surface area contributed by atoms with Crippen molar-refractivity contribution in [2.24, 2.45) is 5.92 Å². The van der Waals surface area contributed by atoms with E-state index >= 15 is 0 Å². The van der Waals surface area contributed by atoms with E-state index in [0.717, 1.165) is 28.2 Å². The van der Waals surface area contributed by atoms with Crippen LogP contribution in [-0.4, -0.2) is 63.4 Å². The molecule has 2 aromatic carbocycles. The van der Waals surface area contributed by atoms with Crippen LogP contribution < -0.4 is 5.32 Å². The minimum Gasteiger partial charge on any atom is -0.342 e. The van der Waals surface area contributed by atoms with Crippen molar-refractivity contribution in [3.63, 3.8) is 0 Å². The number of aromatic nitrogens is 1. The van der Waals surface area contributed by atoms with Gasteiger partial charge in [0.25, 0.3) is 0 Å². The van der Waals surface area contributed by atoms with Crippen LogP contribution in [0.2, 0.25) is 0 Å². The number of amides is 3. The number of nitrogens with one attached hydrogen (secondary N) is 1. The van der Waals surface area contributed by atoms with E-state index in [1.54, 1.807) is 4.57 Å². The topological polar surface area (TPSA) is 74.7 Å². The highest BCUT2D eigenvalue weighted by Gasteiger charge is 2.53. The first kappa shape index (κ1) is 23.4. The second kappa shape index (κ2) is 9.02. The third kappa shape index (κ3) is 3.77. The van der Waals surface area contributed by atoms with Gasteiger partial charge < -0.3 is 15.1 Å². The van der Waals surface area contributed by atoms with Gasteiger partial charge >= 0.3 is 6.03 Å². The van der Waals surface area contributed by atoms with E-state index in [1.807, 2.05) is 65.3 Å². The molecule has 7 nitrogen and oxygen atoms in total. The highest BCUT2D eigenvalue weighted by Crippen LogP contribution is 2.35. The fourth-order valence-corrected chi connectivity index (χ4v) is 5.89. The summed E-state index contributed by atoms with van der Waals surface area (Å²) in [5, 5.41) is 5.12. The fourth-order valence-electron chi connectivity index (χ4n) is 5.89. The number of piperazine rings is 1. The molecule has 3 amide bonds. The third-order valence-corrected chi connectivity index (χ3v) is 7.60. The minimum absolute atomic E-state index is 0.0160. The Balaban J connectivity index is 1.42. The first-order chi connectivity index (χ1) is 16.9. The predicted octanol–water partition coefficient (Wildman–Crippen LogP) is 4.38. The maximum atomic E-state index is 13.8. The Morgan fingerprint density at radius 2 is 1.57 bits per heavy atom. The van der Waals surface area contributed by atoms with Gasteiger partial charge in [0.2, 0.25) is 11.8 Å². The largest absolute Gasteiger partial charge is 0.342 e. The second-order valence-electron chi connectivity index (χ2n) is 10.3. The van der Waals surface area contributed by atoms with Gasteiger partial charge in [-0.2, -0.15) is 0 Å². The lowest BCUT2D eigenvalue weighted by Gasteiger charge is -2.51. The number of piperidine rings is 1. The van der Waals surface area contributed by atoms with Crippen LogP contribution in [0, 0.1) is 5.92 Å². The van der Waals surface area contributed by atoms with Crippen LogP contribution in [0.3, 0.4) is 0 Å². The summed E-state index contributed by atoms with van der Waals surface area (Å²) in [6.07, 6.45) is 2.32. The van der Waals surface area contributed by atoms with Gasteiger partial charge in [0.15, 0.2) is 0 Å². The van der Waals surface area contributed by atoms with Gasteiger partial charge in [-0.05, 0) is 43.7 Å². The van der Waals surface area contributed by atoms with E-state index in [4.69, 9.17) is 0 Å². The van der Waals surface area contributed by atoms with E-state index < -0.39 is 11.6 Å². The summed E-state index contributed by atoms with van der Waals surface area (Å²) in [5.74, 6) is 0.259. The van der Waals surface area contributed by atoms with Gasteiger partial charge in [-0.25, -0.2) is 4.79 Å². The lowest BCUT2D eigenvalue weighted by atomic mass is 9.81. The molecule has 1 aromatic heterocycles. The molecular formula is C28H34N4O3. The second-order valence-corrected chi connectivity index (χ2v) is 10.3. The molecule has 1 atom stereocenters. The Labute approximate surface area is 206 Å². The summed E-state index contributed by atoms with van der Waals surface area (Å²) in [7, 11) is 0. The first-order valence-corrected chi connectivity index (χ1v) is 12.8. The fraction of sp³-hybridized carbons (Fsp3) is 0.464. The lowest BCUT2D eigenvalue weighted by molar-refractivity contribution is -0.161. The van der Waals surface area contributed by atoms with Crippen molar-refractivity contribution in [1.29, 1.82) is 0 Å². The van der Waals surface area contributed by atoms with Crippen molar-refractivity contribution in [3.05, 3.63) is 48.5 Å². The summed E-state index contributed by atoms with van der Waals surface area (Å²) in [6.45, 7) is 7.57. The molecule has 1 N–H and O–H groups in total. The summed E-state index contributed by atoms with van der Waals surface area (Å²) >= 11 is 0. The number of nitrogens with zero attached hydrogens (tertiary/aromatic N) is 3. The molecule has 5 rings (SSSR count). The number of para-hydroxylation sites is 2. The maximum Gasteiger partial charge on any atom is 0.329 e. The van der Waals surface area contributed by atoms with Crippen LogP contribution in [0.1, 0.15) is 46.5 Å². The number of carbonyl (C=O) groups excluding carboxylic acids is 3. The molecule has 2 fully saturated rings. The Bertz CT molecular complexity index is 1230. The third-order valence-electron chi connectivity index (χ3n) is 7.60. The van der Waals surface area contributed by atoms with Crippen molar-refractivity contribution in [1.82, 2.24) is 19.7 Å². The van der Waals surface area contributed by atoms with Gasteiger partial charge in [-0.15, -0.1) is 0 Å². The normalized spacial score (nSPS) is 20.3. The number of hydrogen-bond acceptors (Lipinski definition) is 3. The van der Waals surface area contributed by atoms with Crippen LogP contribution in [0.5, 0.6) is 0 Å². The van der Waals surface area contributed by atoms with E-state index in [9.17, 15) is 14.4 Å². The number of benzene rings is 2. The standard InChI is InChI=1S/C28H34N4O3/c1-4-15-31-25(33)22(18-19(2)3)29-26(34)28(31)13-16-30(17-14-28)27(35)32-23-11-7-5-9-20(23)21-10-6-8-12-24(21)32/h5-12,19,22H,4,13-18H2,1-3H3,(H,29,34). The minimum atomic E-state index is -0.877. The van der Waals surface area contributed by atoms with Gasteiger partial charge in [-0.1, -0.05) is 57.2 Å². The van der Waals surface area contributed by atoms with E-state index in [1.165, 1.54) is 0 Å². The van der Waals surface area contributed by atoms with Crippen LogP contribution in [-0.2, 0) is 9.59 Å². The van der Waals surface area contributed by atoms with E-state index in [-0.39, 0.29) is 17.8 Å². The van der Waals surface area contributed by atoms with Gasteiger partial charge in [0, 0.05) is 30.4 Å². The van der Waals surface area contributed by atoms with Crippen LogP contribution in [0.4, 0.5) is 4.79 Å². The molecule has 2 saturated heterocycles. The Hall–Kier alpha value is -3.35. The van der Waals surface area contributed by atoms with Gasteiger partial charge in [0.05, 0.1) is 11.0 Å². The smallest absolute Gasteiger partial charge is 0.329 e. The highest BCUT2D eigenvalue weighted by atomic mass is 16.2. The van der Waals surface area contributed by atoms with Crippen molar-refractivity contribution in [2.45, 2.75) is 58.0 Å². The predicted molar refractivity (Wildman–Crippen MR) is 137 cm³/mol. The summed E-state index contributed by atoms with van der Waals surface area (Å²) in [4.78, 5) is 44.3. The zero-order valence-electron chi connectivity index (χ0n) is 20.8. The molecule has 0 bridgehead atoms. The Kier molecular flexibility index (Phi) is 6.03. The molecule has 184 valence electrons. The van der Waals surface area contributed by atoms with E-state index in [0.29, 0.717) is 44.8 Å². The average Bonchev–Trinajstić information content (AvgIpc) is 3.19.